The van der Waals surface area contributed by atoms with Crippen LogP contribution in [0.1, 0.15) is 12.8 Å². The van der Waals surface area contributed by atoms with Crippen LogP contribution in [-0.2, 0) is 9.59 Å². The van der Waals surface area contributed by atoms with E-state index in [-0.39, 0.29) is 22.4 Å². The minimum Gasteiger partial charge on any atom is -0.345 e. The Bertz CT molecular complexity index is 557. The van der Waals surface area contributed by atoms with Crippen LogP contribution in [0.5, 0.6) is 0 Å². The molecule has 0 unspecified atom stereocenters. The molecule has 100 valence electrons. The van der Waals surface area contributed by atoms with Gasteiger partial charge in [0, 0.05) is 18.2 Å². The molecule has 0 radical (unpaired) electrons. The highest BCUT2D eigenvalue weighted by atomic mass is 35.5. The molecule has 1 saturated carbocycles. The van der Waals surface area contributed by atoms with E-state index >= 15 is 0 Å². The first-order valence-electron chi connectivity index (χ1n) is 5.53. The molecule has 0 aromatic heterocycles. The van der Waals surface area contributed by atoms with E-state index in [1.54, 1.807) is 0 Å². The van der Waals surface area contributed by atoms with E-state index in [2.05, 4.69) is 10.6 Å². The summed E-state index contributed by atoms with van der Waals surface area (Å²) in [6.07, 6.45) is 1.72. The minimum absolute atomic E-state index is 0.0341. The Hall–Kier alpha value is -2.15. The van der Waals surface area contributed by atoms with Crippen molar-refractivity contribution >= 4 is 34.8 Å². The zero-order valence-electron chi connectivity index (χ0n) is 9.68. The van der Waals surface area contributed by atoms with Gasteiger partial charge in [-0.1, -0.05) is 11.6 Å². The van der Waals surface area contributed by atoms with Gasteiger partial charge in [0.2, 0.25) is 0 Å². The quantitative estimate of drug-likeness (QED) is 0.498. The Morgan fingerprint density at radius 1 is 1.32 bits per heavy atom. The Morgan fingerprint density at radius 3 is 2.58 bits per heavy atom. The molecule has 2 rings (SSSR count). The number of carbonyl (C=O) groups excluding carboxylic acids is 2. The number of nitro groups is 1. The molecule has 0 atom stereocenters. The fraction of sp³-hybridized carbons (Fsp3) is 0.273. The average Bonchev–Trinajstić information content (AvgIpc) is 3.15. The third-order valence-electron chi connectivity index (χ3n) is 2.53. The molecule has 0 bridgehead atoms. The molecule has 2 amide bonds. The number of nitrogens with zero attached hydrogens (tertiary/aromatic N) is 1. The number of hydrogen-bond acceptors (Lipinski definition) is 4. The maximum absolute atomic E-state index is 11.6. The maximum atomic E-state index is 11.6. The molecule has 8 heteroatoms. The highest BCUT2D eigenvalue weighted by Gasteiger charge is 2.26. The fourth-order valence-electron chi connectivity index (χ4n) is 1.38. The lowest BCUT2D eigenvalue weighted by atomic mass is 10.2. The Kier molecular flexibility index (Phi) is 3.66. The second-order valence-corrected chi connectivity index (χ2v) is 4.53. The van der Waals surface area contributed by atoms with Crippen LogP contribution in [0, 0.1) is 10.1 Å². The summed E-state index contributed by atoms with van der Waals surface area (Å²) in [4.78, 5) is 33.0. The van der Waals surface area contributed by atoms with Gasteiger partial charge < -0.3 is 10.6 Å². The number of nitro benzene ring substituents is 1. The van der Waals surface area contributed by atoms with Gasteiger partial charge in [-0.3, -0.25) is 19.7 Å². The normalized spacial score (nSPS) is 13.7. The second kappa shape index (κ2) is 5.23. The number of carbonyl (C=O) groups is 2. The van der Waals surface area contributed by atoms with Gasteiger partial charge in [0.15, 0.2) is 0 Å². The standard InChI is InChI=1S/C11H10ClN3O4/c12-8-4-3-7(15(18)19)5-9(8)14-11(17)10(16)13-6-1-2-6/h3-6H,1-2H2,(H,13,16)(H,14,17). The molecule has 2 N–H and O–H groups in total. The SMILES string of the molecule is O=C(Nc1cc([N+](=O)[O-])ccc1Cl)C(=O)NC1CC1. The zero-order chi connectivity index (χ0) is 14.0. The lowest BCUT2D eigenvalue weighted by Crippen LogP contribution is -2.36. The maximum Gasteiger partial charge on any atom is 0.313 e. The van der Waals surface area contributed by atoms with E-state index < -0.39 is 16.7 Å². The molecule has 19 heavy (non-hydrogen) atoms. The number of rotatable bonds is 3. The molecular formula is C11H10ClN3O4. The summed E-state index contributed by atoms with van der Waals surface area (Å²) in [5, 5.41) is 15.5. The first-order valence-corrected chi connectivity index (χ1v) is 5.91. The van der Waals surface area contributed by atoms with Gasteiger partial charge >= 0.3 is 11.8 Å². The number of hydrogen-bond donors (Lipinski definition) is 2. The largest absolute Gasteiger partial charge is 0.345 e. The van der Waals surface area contributed by atoms with Crippen LogP contribution in [0.2, 0.25) is 5.02 Å². The molecule has 7 nitrogen and oxygen atoms in total. The van der Waals surface area contributed by atoms with E-state index in [1.165, 1.54) is 12.1 Å². The van der Waals surface area contributed by atoms with E-state index in [0.717, 1.165) is 18.9 Å². The van der Waals surface area contributed by atoms with E-state index in [4.69, 9.17) is 11.6 Å². The summed E-state index contributed by atoms with van der Waals surface area (Å²) in [6.45, 7) is 0. The molecule has 1 aromatic rings. The van der Waals surface area contributed by atoms with Gasteiger partial charge in [-0.25, -0.2) is 0 Å². The van der Waals surface area contributed by atoms with Crippen molar-refractivity contribution in [1.82, 2.24) is 5.32 Å². The Labute approximate surface area is 113 Å². The number of anilines is 1. The van der Waals surface area contributed by atoms with Gasteiger partial charge in [0.25, 0.3) is 5.69 Å². The van der Waals surface area contributed by atoms with Crippen molar-refractivity contribution in [2.75, 3.05) is 5.32 Å². The van der Waals surface area contributed by atoms with E-state index in [9.17, 15) is 19.7 Å². The lowest BCUT2D eigenvalue weighted by molar-refractivity contribution is -0.384. The first-order chi connectivity index (χ1) is 8.97. The molecule has 1 aromatic carbocycles. The zero-order valence-corrected chi connectivity index (χ0v) is 10.4. The summed E-state index contributed by atoms with van der Waals surface area (Å²) in [5.74, 6) is -1.67. The van der Waals surface area contributed by atoms with Gasteiger partial charge in [0.1, 0.15) is 0 Å². The van der Waals surface area contributed by atoms with Crippen LogP contribution < -0.4 is 10.6 Å². The number of non-ortho nitro benzene ring substituents is 1. The predicted molar refractivity (Wildman–Crippen MR) is 67.9 cm³/mol. The summed E-state index contributed by atoms with van der Waals surface area (Å²) in [7, 11) is 0. The molecule has 1 aliphatic carbocycles. The third-order valence-corrected chi connectivity index (χ3v) is 2.86. The molecule has 0 saturated heterocycles. The van der Waals surface area contributed by atoms with Gasteiger partial charge in [0.05, 0.1) is 15.6 Å². The Balaban J connectivity index is 2.08. The van der Waals surface area contributed by atoms with Crippen molar-refractivity contribution in [2.24, 2.45) is 0 Å². The number of halogens is 1. The smallest absolute Gasteiger partial charge is 0.313 e. The van der Waals surface area contributed by atoms with Crippen molar-refractivity contribution in [2.45, 2.75) is 18.9 Å². The van der Waals surface area contributed by atoms with Crippen LogP contribution in [-0.4, -0.2) is 22.8 Å². The summed E-state index contributed by atoms with van der Waals surface area (Å²) in [6, 6.07) is 3.65. The average molecular weight is 284 g/mol. The second-order valence-electron chi connectivity index (χ2n) is 4.12. The number of nitrogens with one attached hydrogen (secondary N) is 2. The lowest BCUT2D eigenvalue weighted by Gasteiger charge is -2.07. The molecule has 0 heterocycles. The van der Waals surface area contributed by atoms with Crippen molar-refractivity contribution in [3.05, 3.63) is 33.3 Å². The van der Waals surface area contributed by atoms with Gasteiger partial charge in [-0.2, -0.15) is 0 Å². The van der Waals surface area contributed by atoms with Crippen LogP contribution in [0.3, 0.4) is 0 Å². The molecule has 1 fully saturated rings. The first kappa shape index (κ1) is 13.3. The predicted octanol–water partition coefficient (Wildman–Crippen LogP) is 1.47. The van der Waals surface area contributed by atoms with E-state index in [0.29, 0.717) is 0 Å². The van der Waals surface area contributed by atoms with E-state index in [1.807, 2.05) is 0 Å². The number of benzene rings is 1. The van der Waals surface area contributed by atoms with Gasteiger partial charge in [-0.15, -0.1) is 0 Å². The monoisotopic (exact) mass is 283 g/mol. The topological polar surface area (TPSA) is 101 Å². The third kappa shape index (κ3) is 3.41. The molecule has 0 aliphatic heterocycles. The highest BCUT2D eigenvalue weighted by molar-refractivity contribution is 6.41. The fourth-order valence-corrected chi connectivity index (χ4v) is 1.55. The van der Waals surface area contributed by atoms with Crippen LogP contribution >= 0.6 is 11.6 Å². The highest BCUT2D eigenvalue weighted by Crippen LogP contribution is 2.26. The molecule has 0 spiro atoms. The van der Waals surface area contributed by atoms with Gasteiger partial charge in [-0.05, 0) is 18.9 Å². The van der Waals surface area contributed by atoms with Crippen molar-refractivity contribution in [1.29, 1.82) is 0 Å². The van der Waals surface area contributed by atoms with Crippen LogP contribution in [0.25, 0.3) is 0 Å². The van der Waals surface area contributed by atoms with Crippen LogP contribution in [0.4, 0.5) is 11.4 Å². The molecule has 1 aliphatic rings. The van der Waals surface area contributed by atoms with Crippen molar-refractivity contribution < 1.29 is 14.5 Å². The summed E-state index contributed by atoms with van der Waals surface area (Å²) < 4.78 is 0. The Morgan fingerprint density at radius 2 is 2.00 bits per heavy atom. The minimum atomic E-state index is -0.894. The summed E-state index contributed by atoms with van der Waals surface area (Å²) >= 11 is 5.80. The van der Waals surface area contributed by atoms with Crippen LogP contribution in [0.15, 0.2) is 18.2 Å². The summed E-state index contributed by atoms with van der Waals surface area (Å²) in [5.41, 5.74) is -0.186. The number of amides is 2. The molecular weight excluding hydrogens is 274 g/mol. The van der Waals surface area contributed by atoms with Crippen molar-refractivity contribution in [3.8, 4) is 0 Å². The van der Waals surface area contributed by atoms with Crippen molar-refractivity contribution in [3.63, 3.8) is 0 Å².